The van der Waals surface area contributed by atoms with Gasteiger partial charge in [-0.1, -0.05) is 12.5 Å². The fraction of sp³-hybridized carbons (Fsp3) is 0.529. The first kappa shape index (κ1) is 23.7. The van der Waals surface area contributed by atoms with Gasteiger partial charge < -0.3 is 21.7 Å². The van der Waals surface area contributed by atoms with Crippen molar-refractivity contribution in [2.45, 2.75) is 38.3 Å². The second kappa shape index (κ2) is 10.6. The summed E-state index contributed by atoms with van der Waals surface area (Å²) in [6, 6.07) is 5.27. The molecular weight excluding hydrogens is 363 g/mol. The lowest BCUT2D eigenvalue weighted by Crippen LogP contribution is -2.34. The van der Waals surface area contributed by atoms with Gasteiger partial charge in [-0.05, 0) is 51.1 Å². The first-order valence-electron chi connectivity index (χ1n) is 8.00. The Morgan fingerprint density at radius 3 is 2.48 bits per heavy atom. The van der Waals surface area contributed by atoms with Crippen LogP contribution in [0.1, 0.15) is 41.6 Å². The first-order chi connectivity index (χ1) is 10.9. The van der Waals surface area contributed by atoms with Crippen LogP contribution in [0.25, 0.3) is 0 Å². The van der Waals surface area contributed by atoms with E-state index in [1.807, 2.05) is 25.1 Å². The lowest BCUT2D eigenvalue weighted by Gasteiger charge is -2.26. The summed E-state index contributed by atoms with van der Waals surface area (Å²) in [5.74, 6) is -0.596. The first-order valence-corrected chi connectivity index (χ1v) is 8.00. The topological polar surface area (TPSA) is 101 Å². The van der Waals surface area contributed by atoms with E-state index in [9.17, 15) is 9.59 Å². The Kier molecular flexibility index (Phi) is 10.0. The van der Waals surface area contributed by atoms with Crippen molar-refractivity contribution in [3.63, 3.8) is 0 Å². The fourth-order valence-electron chi connectivity index (χ4n) is 3.03. The zero-order chi connectivity index (χ0) is 17.0. The van der Waals surface area contributed by atoms with Crippen LogP contribution in [0.3, 0.4) is 0 Å². The molecule has 0 spiro atoms. The molecule has 1 aromatic rings. The van der Waals surface area contributed by atoms with Crippen LogP contribution in [0.5, 0.6) is 0 Å². The van der Waals surface area contributed by atoms with Gasteiger partial charge in [0.2, 0.25) is 11.8 Å². The van der Waals surface area contributed by atoms with Crippen molar-refractivity contribution in [1.29, 1.82) is 0 Å². The maximum Gasteiger partial charge on any atom is 0.248 e. The van der Waals surface area contributed by atoms with Crippen LogP contribution in [0.2, 0.25) is 0 Å². The number of amides is 2. The molecule has 25 heavy (non-hydrogen) atoms. The Morgan fingerprint density at radius 1 is 1.24 bits per heavy atom. The molecule has 2 unspecified atom stereocenters. The second-order valence-corrected chi connectivity index (χ2v) is 6.59. The van der Waals surface area contributed by atoms with Crippen LogP contribution in [0.15, 0.2) is 18.2 Å². The van der Waals surface area contributed by atoms with Crippen molar-refractivity contribution in [3.05, 3.63) is 29.3 Å². The lowest BCUT2D eigenvalue weighted by atomic mass is 9.85. The number of nitrogens with one attached hydrogen (secondary N) is 1. The molecule has 0 saturated heterocycles. The van der Waals surface area contributed by atoms with E-state index in [1.54, 1.807) is 12.1 Å². The second-order valence-electron chi connectivity index (χ2n) is 6.59. The maximum absolute atomic E-state index is 12.5. The average Bonchev–Trinajstić information content (AvgIpc) is 2.48. The van der Waals surface area contributed by atoms with Gasteiger partial charge in [0.15, 0.2) is 0 Å². The molecule has 2 amide bonds. The van der Waals surface area contributed by atoms with E-state index >= 15 is 0 Å². The molecule has 1 aliphatic rings. The number of carbonyl (C=O) groups excluding carboxylic acids is 2. The Balaban J connectivity index is 0.00000288. The summed E-state index contributed by atoms with van der Waals surface area (Å²) in [6.07, 6.45) is 3.53. The summed E-state index contributed by atoms with van der Waals surface area (Å²) >= 11 is 0. The number of rotatable bonds is 5. The molecule has 8 heteroatoms. The van der Waals surface area contributed by atoms with Gasteiger partial charge in [0, 0.05) is 29.8 Å². The van der Waals surface area contributed by atoms with Crippen molar-refractivity contribution in [3.8, 4) is 0 Å². The van der Waals surface area contributed by atoms with Crippen molar-refractivity contribution >= 4 is 42.3 Å². The summed E-state index contributed by atoms with van der Waals surface area (Å²) in [6.45, 7) is 0.666. The van der Waals surface area contributed by atoms with Crippen LogP contribution < -0.4 is 16.8 Å². The third-order valence-corrected chi connectivity index (χ3v) is 4.22. The van der Waals surface area contributed by atoms with Crippen LogP contribution in [-0.4, -0.2) is 36.9 Å². The van der Waals surface area contributed by atoms with Gasteiger partial charge >= 0.3 is 0 Å². The molecule has 0 aromatic heterocycles. The molecule has 2 rings (SSSR count). The highest BCUT2D eigenvalue weighted by Crippen LogP contribution is 2.26. The molecule has 6 nitrogen and oxygen atoms in total. The molecule has 1 fully saturated rings. The minimum absolute atomic E-state index is 0. The number of nitrogens with two attached hydrogens (primary N) is 2. The van der Waals surface area contributed by atoms with E-state index in [0.29, 0.717) is 24.2 Å². The van der Waals surface area contributed by atoms with E-state index in [2.05, 4.69) is 5.32 Å². The van der Waals surface area contributed by atoms with E-state index in [-0.39, 0.29) is 42.7 Å². The third kappa shape index (κ3) is 6.82. The monoisotopic (exact) mass is 390 g/mol. The number of halogens is 2. The Labute approximate surface area is 161 Å². The Bertz CT molecular complexity index is 596. The molecule has 0 heterocycles. The van der Waals surface area contributed by atoms with Crippen molar-refractivity contribution in [1.82, 2.24) is 4.90 Å². The average molecular weight is 391 g/mol. The number of primary amides is 1. The number of benzene rings is 1. The van der Waals surface area contributed by atoms with Crippen molar-refractivity contribution in [2.75, 3.05) is 19.4 Å². The molecule has 1 saturated carbocycles. The largest absolute Gasteiger partial charge is 0.366 e. The Morgan fingerprint density at radius 2 is 1.92 bits per heavy atom. The highest BCUT2D eigenvalue weighted by molar-refractivity contribution is 5.97. The summed E-state index contributed by atoms with van der Waals surface area (Å²) in [7, 11) is 3.90. The van der Waals surface area contributed by atoms with E-state index in [0.717, 1.165) is 24.8 Å². The number of carbonyl (C=O) groups is 2. The highest BCUT2D eigenvalue weighted by Gasteiger charge is 2.26. The van der Waals surface area contributed by atoms with Crippen LogP contribution in [0, 0.1) is 5.92 Å². The standard InChI is InChI=1S/C17H26N4O2.2ClH/c1-21(2)10-13-7-6-11(16(19)22)9-15(13)20-17(23)12-4-3-5-14(18)8-12;;/h6-7,9,12,14H,3-5,8,10,18H2,1-2H3,(H2,19,22)(H,20,23);2*1H. The smallest absolute Gasteiger partial charge is 0.248 e. The number of hydrogen-bond donors (Lipinski definition) is 3. The van der Waals surface area contributed by atoms with Gasteiger partial charge in [-0.3, -0.25) is 9.59 Å². The predicted molar refractivity (Wildman–Crippen MR) is 105 cm³/mol. The van der Waals surface area contributed by atoms with E-state index in [1.165, 1.54) is 0 Å². The molecule has 5 N–H and O–H groups in total. The SMILES string of the molecule is CN(C)Cc1ccc(C(N)=O)cc1NC(=O)C1CCCC(N)C1.Cl.Cl. The number of anilines is 1. The molecule has 1 aromatic carbocycles. The summed E-state index contributed by atoms with van der Waals surface area (Å²) in [5, 5.41) is 2.97. The third-order valence-electron chi connectivity index (χ3n) is 4.22. The zero-order valence-corrected chi connectivity index (χ0v) is 16.3. The number of nitrogens with zero attached hydrogens (tertiary/aromatic N) is 1. The molecule has 2 atom stereocenters. The van der Waals surface area contributed by atoms with Gasteiger partial charge in [0.25, 0.3) is 0 Å². The van der Waals surface area contributed by atoms with Crippen LogP contribution in [0.4, 0.5) is 5.69 Å². The van der Waals surface area contributed by atoms with Crippen molar-refractivity contribution in [2.24, 2.45) is 17.4 Å². The molecule has 142 valence electrons. The number of hydrogen-bond acceptors (Lipinski definition) is 4. The normalized spacial score (nSPS) is 19.5. The van der Waals surface area contributed by atoms with Gasteiger partial charge in [0.1, 0.15) is 0 Å². The molecule has 0 aliphatic heterocycles. The molecule has 0 radical (unpaired) electrons. The molecule has 1 aliphatic carbocycles. The van der Waals surface area contributed by atoms with Gasteiger partial charge in [0.05, 0.1) is 0 Å². The quantitative estimate of drug-likeness (QED) is 0.716. The summed E-state index contributed by atoms with van der Waals surface area (Å²) in [5.41, 5.74) is 13.3. The van der Waals surface area contributed by atoms with Gasteiger partial charge in [-0.2, -0.15) is 0 Å². The van der Waals surface area contributed by atoms with E-state index < -0.39 is 5.91 Å². The van der Waals surface area contributed by atoms with Crippen LogP contribution in [-0.2, 0) is 11.3 Å². The van der Waals surface area contributed by atoms with Crippen LogP contribution >= 0.6 is 24.8 Å². The predicted octanol–water partition coefficient (Wildman–Crippen LogP) is 2.15. The van der Waals surface area contributed by atoms with Gasteiger partial charge in [-0.15, -0.1) is 24.8 Å². The fourth-order valence-corrected chi connectivity index (χ4v) is 3.03. The van der Waals surface area contributed by atoms with Gasteiger partial charge in [-0.25, -0.2) is 0 Å². The molecular formula is C17H28Cl2N4O2. The summed E-state index contributed by atoms with van der Waals surface area (Å²) < 4.78 is 0. The minimum atomic E-state index is -0.503. The highest BCUT2D eigenvalue weighted by atomic mass is 35.5. The van der Waals surface area contributed by atoms with Crippen molar-refractivity contribution < 1.29 is 9.59 Å². The maximum atomic E-state index is 12.5. The zero-order valence-electron chi connectivity index (χ0n) is 14.7. The summed E-state index contributed by atoms with van der Waals surface area (Å²) in [4.78, 5) is 25.9. The van der Waals surface area contributed by atoms with E-state index in [4.69, 9.17) is 11.5 Å². The minimum Gasteiger partial charge on any atom is -0.366 e. The Hall–Kier alpha value is -1.34. The molecule has 0 bridgehead atoms. The lowest BCUT2D eigenvalue weighted by molar-refractivity contribution is -0.120.